The van der Waals surface area contributed by atoms with Crippen molar-refractivity contribution in [3.05, 3.63) is 23.7 Å². The van der Waals surface area contributed by atoms with Crippen molar-refractivity contribution in [2.24, 2.45) is 0 Å². The van der Waals surface area contributed by atoms with Crippen molar-refractivity contribution in [2.75, 3.05) is 18.7 Å². The molecule has 0 amide bonds. The number of ether oxygens (including phenoxy) is 1. The van der Waals surface area contributed by atoms with Crippen molar-refractivity contribution in [1.29, 1.82) is 0 Å². The Hall–Kier alpha value is -1.27. The van der Waals surface area contributed by atoms with Gasteiger partial charge in [-0.1, -0.05) is 26.8 Å². The third kappa shape index (κ3) is 7.98. The Morgan fingerprint density at radius 1 is 1.35 bits per heavy atom. The second kappa shape index (κ2) is 14.7. The van der Waals surface area contributed by atoms with Gasteiger partial charge in [0.25, 0.3) is 0 Å². The Morgan fingerprint density at radius 3 is 2.35 bits per heavy atom. The number of aromatic nitrogens is 2. The van der Waals surface area contributed by atoms with Crippen LogP contribution in [0.25, 0.3) is 5.47 Å². The molecule has 0 bridgehead atoms. The van der Waals surface area contributed by atoms with E-state index in [0.717, 1.165) is 6.42 Å². The van der Waals surface area contributed by atoms with Crippen LogP contribution in [0.5, 0.6) is 0 Å². The van der Waals surface area contributed by atoms with Crippen LogP contribution in [0.2, 0.25) is 0 Å². The molecule has 0 saturated carbocycles. The number of hydrogen-bond acceptors (Lipinski definition) is 9. The number of nitrogens with one attached hydrogen (secondary N) is 1. The Kier molecular flexibility index (Phi) is 14.1. The molecule has 5 N–H and O–H groups in total. The zero-order chi connectivity index (χ0) is 24.2. The van der Waals surface area contributed by atoms with Gasteiger partial charge < -0.3 is 25.0 Å². The molecule has 4 atom stereocenters. The zero-order valence-electron chi connectivity index (χ0n) is 19.5. The summed E-state index contributed by atoms with van der Waals surface area (Å²) in [6, 6.07) is 0. The Balaban J connectivity index is 0.000000564. The molecule has 1 saturated heterocycles. The molecule has 1 aliphatic rings. The molecule has 1 aliphatic heterocycles. The van der Waals surface area contributed by atoms with Crippen LogP contribution in [0.4, 0.5) is 5.82 Å². The number of halogens is 1. The summed E-state index contributed by atoms with van der Waals surface area (Å²) >= 11 is 6.07. The maximum absolute atomic E-state index is 9.60. The van der Waals surface area contributed by atoms with Crippen LogP contribution >= 0.6 is 11.6 Å². The highest BCUT2D eigenvalue weighted by molar-refractivity contribution is 6.66. The summed E-state index contributed by atoms with van der Waals surface area (Å²) < 4.78 is 5.36. The van der Waals surface area contributed by atoms with Gasteiger partial charge in [0.05, 0.1) is 24.2 Å². The largest absolute Gasteiger partial charge is 0.488 e. The molecule has 31 heavy (non-hydrogen) atoms. The Morgan fingerprint density at radius 2 is 1.97 bits per heavy atom. The van der Waals surface area contributed by atoms with E-state index in [1.54, 1.807) is 26.8 Å². The average molecular weight is 462 g/mol. The lowest BCUT2D eigenvalue weighted by molar-refractivity contribution is -0.0224. The number of aryl methyl sites for hydroxylation is 1. The maximum Gasteiger partial charge on any atom is 0.488 e. The second-order valence-electron chi connectivity index (χ2n) is 6.69. The van der Waals surface area contributed by atoms with E-state index in [9.17, 15) is 15.2 Å². The van der Waals surface area contributed by atoms with E-state index in [4.69, 9.17) is 26.3 Å². The summed E-state index contributed by atoms with van der Waals surface area (Å²) in [6.45, 7) is 13.3. The number of aliphatic hydroxyl groups is 2. The molecule has 178 valence electrons. The number of nitrogens with zero attached hydrogens (tertiary/aromatic N) is 2. The first kappa shape index (κ1) is 29.7. The van der Waals surface area contributed by atoms with Crippen LogP contribution in [-0.4, -0.2) is 73.7 Å². The van der Waals surface area contributed by atoms with Gasteiger partial charge in [-0.25, -0.2) is 15.4 Å². The fourth-order valence-electron chi connectivity index (χ4n) is 3.07. The van der Waals surface area contributed by atoms with E-state index >= 15 is 0 Å². The molecule has 1 fully saturated rings. The molecule has 0 aliphatic carbocycles. The number of alkyl halides is 1. The summed E-state index contributed by atoms with van der Waals surface area (Å²) in [6.07, 6.45) is 2.25. The van der Waals surface area contributed by atoms with Crippen LogP contribution in [0.15, 0.2) is 12.4 Å². The molecule has 2 heterocycles. The van der Waals surface area contributed by atoms with Gasteiger partial charge >= 0.3 is 7.12 Å². The van der Waals surface area contributed by atoms with Gasteiger partial charge in [0.2, 0.25) is 0 Å². The standard InChI is InChI=1S/C10H16BN3O3.C8H15ClO3.C2H6/c1-4-8(11(15)16)9-7(3)12-6-13-10(9)14-17-5-2;1-3-6-8(2,9)7(11)5(4-10)12-6;1-2/h4,6,15-16H,5H2,1-3H3,(H,12,13,14);5-7,10-11H,3-4H2,1-2H3;1-2H3/b8-4+;;/t;5?,6-,7?,8-;/m.0./s1. The molecule has 1 aromatic rings. The molecule has 9 nitrogen and oxygen atoms in total. The highest BCUT2D eigenvalue weighted by atomic mass is 35.5. The molecule has 11 heteroatoms. The van der Waals surface area contributed by atoms with Crippen LogP contribution in [0.1, 0.15) is 59.2 Å². The van der Waals surface area contributed by atoms with E-state index in [1.165, 1.54) is 6.33 Å². The van der Waals surface area contributed by atoms with Gasteiger partial charge in [0.15, 0.2) is 5.82 Å². The minimum absolute atomic E-state index is 0.175. The predicted octanol–water partition coefficient (Wildman–Crippen LogP) is 2.10. The third-order valence-corrected chi connectivity index (χ3v) is 5.14. The highest BCUT2D eigenvalue weighted by Crippen LogP contribution is 2.37. The molecule has 2 unspecified atom stereocenters. The van der Waals surface area contributed by atoms with E-state index in [0.29, 0.717) is 29.2 Å². The van der Waals surface area contributed by atoms with Crippen LogP contribution in [-0.2, 0) is 9.57 Å². The number of hydrogen-bond donors (Lipinski definition) is 5. The van der Waals surface area contributed by atoms with Gasteiger partial charge in [-0.05, 0) is 39.6 Å². The monoisotopic (exact) mass is 461 g/mol. The van der Waals surface area contributed by atoms with Crippen molar-refractivity contribution in [1.82, 2.24) is 9.97 Å². The lowest BCUT2D eigenvalue weighted by Gasteiger charge is -2.24. The smallest absolute Gasteiger partial charge is 0.423 e. The van der Waals surface area contributed by atoms with Crippen molar-refractivity contribution in [3.8, 4) is 0 Å². The van der Waals surface area contributed by atoms with E-state index in [2.05, 4.69) is 15.4 Å². The van der Waals surface area contributed by atoms with E-state index in [-0.39, 0.29) is 12.7 Å². The molecule has 0 aromatic carbocycles. The Labute approximate surface area is 190 Å². The fourth-order valence-corrected chi connectivity index (χ4v) is 3.42. The van der Waals surface area contributed by atoms with Gasteiger partial charge in [-0.15, -0.1) is 11.6 Å². The topological polar surface area (TPSA) is 137 Å². The lowest BCUT2D eigenvalue weighted by Crippen LogP contribution is -2.40. The third-order valence-electron chi connectivity index (χ3n) is 4.68. The number of rotatable bonds is 7. The van der Waals surface area contributed by atoms with Crippen molar-refractivity contribution in [3.63, 3.8) is 0 Å². The van der Waals surface area contributed by atoms with E-state index in [1.807, 2.05) is 27.7 Å². The highest BCUT2D eigenvalue weighted by Gasteiger charge is 2.50. The zero-order valence-corrected chi connectivity index (χ0v) is 20.2. The SMILES string of the molecule is C/C=C(/B(O)O)c1c(C)ncnc1NOCC.CC.CC[C@@H]1OC(CO)C(O)[C@@]1(C)Cl. The number of anilines is 1. The normalized spacial score (nSPS) is 25.2. The number of aliphatic hydroxyl groups excluding tert-OH is 2. The molecule has 1 aromatic heterocycles. The second-order valence-corrected chi connectivity index (χ2v) is 7.50. The first-order chi connectivity index (χ1) is 14.6. The number of allylic oxidation sites excluding steroid dienone is 1. The molecular weight excluding hydrogens is 425 g/mol. The summed E-state index contributed by atoms with van der Waals surface area (Å²) in [5.41, 5.74) is 4.18. The first-order valence-electron chi connectivity index (χ1n) is 10.5. The van der Waals surface area contributed by atoms with Crippen LogP contribution in [0, 0.1) is 6.92 Å². The van der Waals surface area contributed by atoms with Gasteiger partial charge in [-0.2, -0.15) is 0 Å². The minimum atomic E-state index is -1.58. The average Bonchev–Trinajstić information content (AvgIpc) is 2.98. The quantitative estimate of drug-likeness (QED) is 0.235. The fraction of sp³-hybridized carbons (Fsp3) is 0.700. The van der Waals surface area contributed by atoms with Crippen LogP contribution in [0.3, 0.4) is 0 Å². The molecular formula is C20H37BClN3O6. The summed E-state index contributed by atoms with van der Waals surface area (Å²) in [4.78, 5) is 12.3. The van der Waals surface area contributed by atoms with Gasteiger partial charge in [0.1, 0.15) is 18.5 Å². The molecule has 0 radical (unpaired) electrons. The summed E-state index contributed by atoms with van der Waals surface area (Å²) in [5.74, 6) is 0.417. The van der Waals surface area contributed by atoms with Crippen molar-refractivity contribution < 1.29 is 29.8 Å². The molecule has 0 spiro atoms. The summed E-state index contributed by atoms with van der Waals surface area (Å²) in [7, 11) is -1.58. The van der Waals surface area contributed by atoms with Crippen molar-refractivity contribution >= 4 is 30.0 Å². The first-order valence-corrected chi connectivity index (χ1v) is 10.9. The minimum Gasteiger partial charge on any atom is -0.423 e. The van der Waals surface area contributed by atoms with E-state index < -0.39 is 24.2 Å². The predicted molar refractivity (Wildman–Crippen MR) is 124 cm³/mol. The van der Waals surface area contributed by atoms with Gasteiger partial charge in [-0.3, -0.25) is 4.84 Å². The summed E-state index contributed by atoms with van der Waals surface area (Å²) in [5, 5.41) is 37.0. The lowest BCUT2D eigenvalue weighted by atomic mass is 9.74. The Bertz CT molecular complexity index is 674. The van der Waals surface area contributed by atoms with Gasteiger partial charge in [0, 0.05) is 11.3 Å². The maximum atomic E-state index is 9.60. The van der Waals surface area contributed by atoms with Crippen molar-refractivity contribution in [2.45, 2.75) is 78.1 Å². The van der Waals surface area contributed by atoms with Crippen LogP contribution < -0.4 is 5.48 Å². The molecule has 2 rings (SSSR count).